The van der Waals surface area contributed by atoms with Gasteiger partial charge in [0.1, 0.15) is 11.6 Å². The summed E-state index contributed by atoms with van der Waals surface area (Å²) >= 11 is 0. The van der Waals surface area contributed by atoms with Crippen LogP contribution in [0, 0.1) is 12.7 Å². The van der Waals surface area contributed by atoms with Gasteiger partial charge in [-0.3, -0.25) is 4.79 Å². The molecule has 2 aromatic carbocycles. The summed E-state index contributed by atoms with van der Waals surface area (Å²) in [6.45, 7) is 2.22. The zero-order valence-electron chi connectivity index (χ0n) is 11.9. The summed E-state index contributed by atoms with van der Waals surface area (Å²) in [6, 6.07) is 14.2. The lowest BCUT2D eigenvalue weighted by Crippen LogP contribution is -2.30. The Morgan fingerprint density at radius 3 is 2.67 bits per heavy atom. The van der Waals surface area contributed by atoms with Gasteiger partial charge in [0.05, 0.1) is 0 Å². The first kappa shape index (κ1) is 15.0. The number of benzene rings is 2. The van der Waals surface area contributed by atoms with Crippen LogP contribution in [0.2, 0.25) is 0 Å². The van der Waals surface area contributed by atoms with Gasteiger partial charge in [0, 0.05) is 6.54 Å². The fraction of sp³-hybridized carbons (Fsp3) is 0.235. The Morgan fingerprint density at radius 1 is 1.19 bits per heavy atom. The molecule has 0 unspecified atom stereocenters. The van der Waals surface area contributed by atoms with Crippen molar-refractivity contribution in [3.8, 4) is 5.75 Å². The van der Waals surface area contributed by atoms with Crippen LogP contribution in [0.5, 0.6) is 5.75 Å². The van der Waals surface area contributed by atoms with E-state index in [-0.39, 0.29) is 18.3 Å². The highest BCUT2D eigenvalue weighted by molar-refractivity contribution is 5.77. The fourth-order valence-corrected chi connectivity index (χ4v) is 1.93. The molecule has 3 nitrogen and oxygen atoms in total. The molecule has 0 aromatic heterocycles. The molecule has 2 rings (SSSR count). The van der Waals surface area contributed by atoms with Crippen molar-refractivity contribution in [1.82, 2.24) is 5.32 Å². The number of amides is 1. The second kappa shape index (κ2) is 7.43. The van der Waals surface area contributed by atoms with Gasteiger partial charge in [-0.05, 0) is 42.7 Å². The molecule has 1 N–H and O–H groups in total. The summed E-state index contributed by atoms with van der Waals surface area (Å²) in [5.74, 6) is 0.290. The fourth-order valence-electron chi connectivity index (χ4n) is 1.93. The molecule has 0 saturated carbocycles. The summed E-state index contributed by atoms with van der Waals surface area (Å²) in [6.07, 6.45) is 0.665. The number of carbonyl (C=O) groups is 1. The van der Waals surface area contributed by atoms with Crippen LogP contribution in [-0.4, -0.2) is 19.1 Å². The molecule has 0 aliphatic carbocycles. The van der Waals surface area contributed by atoms with Crippen LogP contribution in [-0.2, 0) is 11.2 Å². The molecule has 0 spiro atoms. The lowest BCUT2D eigenvalue weighted by molar-refractivity contribution is -0.123. The maximum Gasteiger partial charge on any atom is 0.257 e. The summed E-state index contributed by atoms with van der Waals surface area (Å²) in [4.78, 5) is 11.6. The van der Waals surface area contributed by atoms with Crippen LogP contribution in [0.15, 0.2) is 48.5 Å². The predicted molar refractivity (Wildman–Crippen MR) is 79.8 cm³/mol. The minimum atomic E-state index is -0.209. The van der Waals surface area contributed by atoms with E-state index < -0.39 is 0 Å². The second-order valence-electron chi connectivity index (χ2n) is 4.79. The van der Waals surface area contributed by atoms with Gasteiger partial charge in [-0.1, -0.05) is 30.3 Å². The Hall–Kier alpha value is -2.36. The minimum Gasteiger partial charge on any atom is -0.484 e. The molecular formula is C17H18FNO2. The molecule has 0 heterocycles. The summed E-state index contributed by atoms with van der Waals surface area (Å²) in [5.41, 5.74) is 1.62. The average molecular weight is 287 g/mol. The van der Waals surface area contributed by atoms with Gasteiger partial charge >= 0.3 is 0 Å². The monoisotopic (exact) mass is 287 g/mol. The van der Waals surface area contributed by atoms with E-state index in [4.69, 9.17) is 4.74 Å². The van der Waals surface area contributed by atoms with Crippen molar-refractivity contribution in [2.24, 2.45) is 0 Å². The zero-order chi connectivity index (χ0) is 15.1. The van der Waals surface area contributed by atoms with Gasteiger partial charge in [0.15, 0.2) is 6.61 Å². The first-order valence-electron chi connectivity index (χ1n) is 6.85. The SMILES string of the molecule is Cc1cc(CCNC(=O)COc2ccccc2)ccc1F. The number of nitrogens with one attached hydrogen (secondary N) is 1. The molecule has 0 saturated heterocycles. The van der Waals surface area contributed by atoms with Crippen molar-refractivity contribution in [3.63, 3.8) is 0 Å². The van der Waals surface area contributed by atoms with Crippen molar-refractivity contribution in [3.05, 3.63) is 65.5 Å². The number of para-hydroxylation sites is 1. The summed E-state index contributed by atoms with van der Waals surface area (Å²) < 4.78 is 18.5. The molecule has 110 valence electrons. The van der Waals surface area contributed by atoms with Crippen LogP contribution in [0.4, 0.5) is 4.39 Å². The van der Waals surface area contributed by atoms with E-state index in [1.165, 1.54) is 6.07 Å². The van der Waals surface area contributed by atoms with Crippen molar-refractivity contribution >= 4 is 5.91 Å². The maximum atomic E-state index is 13.1. The van der Waals surface area contributed by atoms with Crippen molar-refractivity contribution in [2.45, 2.75) is 13.3 Å². The summed E-state index contributed by atoms with van der Waals surface area (Å²) in [7, 11) is 0. The molecule has 0 aliphatic heterocycles. The molecular weight excluding hydrogens is 269 g/mol. The van der Waals surface area contributed by atoms with E-state index >= 15 is 0 Å². The molecule has 0 atom stereocenters. The summed E-state index contributed by atoms with van der Waals surface area (Å²) in [5, 5.41) is 2.78. The standard InChI is InChI=1S/C17H18FNO2/c1-13-11-14(7-8-16(13)18)9-10-19-17(20)12-21-15-5-3-2-4-6-15/h2-8,11H,9-10,12H2,1H3,(H,19,20). The Labute approximate surface area is 123 Å². The Bertz CT molecular complexity index is 599. The van der Waals surface area contributed by atoms with E-state index in [1.807, 2.05) is 18.2 Å². The number of hydrogen-bond donors (Lipinski definition) is 1. The van der Waals surface area contributed by atoms with Gasteiger partial charge in [0.2, 0.25) is 0 Å². The van der Waals surface area contributed by atoms with Gasteiger partial charge in [-0.25, -0.2) is 4.39 Å². The third kappa shape index (κ3) is 4.91. The van der Waals surface area contributed by atoms with Gasteiger partial charge < -0.3 is 10.1 Å². The van der Waals surface area contributed by atoms with Crippen molar-refractivity contribution in [2.75, 3.05) is 13.2 Å². The van der Waals surface area contributed by atoms with E-state index in [0.717, 1.165) is 5.56 Å². The van der Waals surface area contributed by atoms with Crippen molar-refractivity contribution in [1.29, 1.82) is 0 Å². The number of halogens is 1. The normalized spacial score (nSPS) is 10.2. The lowest BCUT2D eigenvalue weighted by Gasteiger charge is -2.08. The highest BCUT2D eigenvalue weighted by atomic mass is 19.1. The lowest BCUT2D eigenvalue weighted by atomic mass is 10.1. The van der Waals surface area contributed by atoms with Crippen LogP contribution in [0.1, 0.15) is 11.1 Å². The molecule has 0 radical (unpaired) electrons. The molecule has 0 bridgehead atoms. The molecule has 0 fully saturated rings. The molecule has 1 amide bonds. The topological polar surface area (TPSA) is 38.3 Å². The number of hydrogen-bond acceptors (Lipinski definition) is 2. The van der Waals surface area contributed by atoms with Gasteiger partial charge in [-0.15, -0.1) is 0 Å². The first-order chi connectivity index (χ1) is 10.1. The largest absolute Gasteiger partial charge is 0.484 e. The number of carbonyl (C=O) groups excluding carboxylic acids is 1. The molecule has 2 aromatic rings. The van der Waals surface area contributed by atoms with E-state index in [1.54, 1.807) is 31.2 Å². The Morgan fingerprint density at radius 2 is 1.95 bits per heavy atom. The number of rotatable bonds is 6. The maximum absolute atomic E-state index is 13.1. The average Bonchev–Trinajstić information content (AvgIpc) is 2.50. The molecule has 21 heavy (non-hydrogen) atoms. The van der Waals surface area contributed by atoms with Gasteiger partial charge in [-0.2, -0.15) is 0 Å². The third-order valence-electron chi connectivity index (χ3n) is 3.07. The van der Waals surface area contributed by atoms with Gasteiger partial charge in [0.25, 0.3) is 5.91 Å². The zero-order valence-corrected chi connectivity index (χ0v) is 11.9. The molecule has 4 heteroatoms. The van der Waals surface area contributed by atoms with Crippen LogP contribution < -0.4 is 10.1 Å². The number of aryl methyl sites for hydroxylation is 1. The van der Waals surface area contributed by atoms with E-state index in [2.05, 4.69) is 5.32 Å². The molecule has 0 aliphatic rings. The highest BCUT2D eigenvalue weighted by Crippen LogP contribution is 2.09. The minimum absolute atomic E-state index is 0.00748. The quantitative estimate of drug-likeness (QED) is 0.887. The van der Waals surface area contributed by atoms with Crippen LogP contribution >= 0.6 is 0 Å². The highest BCUT2D eigenvalue weighted by Gasteiger charge is 2.03. The Kier molecular flexibility index (Phi) is 5.32. The second-order valence-corrected chi connectivity index (χ2v) is 4.79. The van der Waals surface area contributed by atoms with E-state index in [9.17, 15) is 9.18 Å². The predicted octanol–water partition coefficient (Wildman–Crippen LogP) is 2.87. The van der Waals surface area contributed by atoms with Crippen molar-refractivity contribution < 1.29 is 13.9 Å². The Balaban J connectivity index is 1.70. The number of ether oxygens (including phenoxy) is 1. The smallest absolute Gasteiger partial charge is 0.257 e. The van der Waals surface area contributed by atoms with Crippen LogP contribution in [0.3, 0.4) is 0 Å². The van der Waals surface area contributed by atoms with E-state index in [0.29, 0.717) is 24.3 Å². The third-order valence-corrected chi connectivity index (χ3v) is 3.07. The van der Waals surface area contributed by atoms with Crippen LogP contribution in [0.25, 0.3) is 0 Å². The first-order valence-corrected chi connectivity index (χ1v) is 6.85.